The van der Waals surface area contributed by atoms with Crippen LogP contribution in [-0.2, 0) is 4.74 Å². The SMILES string of the molecule is Cc1ccc(C(c2ccccc2O)N2CCOCC2)cc1. The second-order valence-corrected chi connectivity index (χ2v) is 5.52. The third-order valence-corrected chi connectivity index (χ3v) is 4.04. The minimum atomic E-state index is 0.0794. The Morgan fingerprint density at radius 1 is 1.00 bits per heavy atom. The fraction of sp³-hybridized carbons (Fsp3) is 0.333. The van der Waals surface area contributed by atoms with Gasteiger partial charge in [-0.1, -0.05) is 48.0 Å². The normalized spacial score (nSPS) is 17.6. The molecule has 21 heavy (non-hydrogen) atoms. The number of morpholine rings is 1. The summed E-state index contributed by atoms with van der Waals surface area (Å²) in [5.74, 6) is 0.356. The molecule has 1 N–H and O–H groups in total. The third kappa shape index (κ3) is 3.09. The summed E-state index contributed by atoms with van der Waals surface area (Å²) in [7, 11) is 0. The van der Waals surface area contributed by atoms with Crippen molar-refractivity contribution in [2.24, 2.45) is 0 Å². The Bertz CT molecular complexity index is 588. The number of hydrogen-bond donors (Lipinski definition) is 1. The molecule has 2 aromatic rings. The van der Waals surface area contributed by atoms with Gasteiger partial charge in [0.25, 0.3) is 0 Å². The number of nitrogens with zero attached hydrogens (tertiary/aromatic N) is 1. The molecule has 0 aromatic heterocycles. The number of aryl methyl sites for hydroxylation is 1. The van der Waals surface area contributed by atoms with Crippen LogP contribution in [0.15, 0.2) is 48.5 Å². The molecule has 1 unspecified atom stereocenters. The zero-order valence-corrected chi connectivity index (χ0v) is 12.3. The minimum absolute atomic E-state index is 0.0794. The molecule has 0 aliphatic carbocycles. The first-order valence-corrected chi connectivity index (χ1v) is 7.42. The largest absolute Gasteiger partial charge is 0.508 e. The van der Waals surface area contributed by atoms with E-state index in [0.29, 0.717) is 5.75 Å². The van der Waals surface area contributed by atoms with E-state index in [2.05, 4.69) is 36.1 Å². The summed E-state index contributed by atoms with van der Waals surface area (Å²) in [6, 6.07) is 16.3. The number of hydrogen-bond acceptors (Lipinski definition) is 3. The Morgan fingerprint density at radius 2 is 1.67 bits per heavy atom. The molecule has 2 aromatic carbocycles. The van der Waals surface area contributed by atoms with E-state index in [1.807, 2.05) is 18.2 Å². The first kappa shape index (κ1) is 14.1. The van der Waals surface area contributed by atoms with Gasteiger partial charge in [0.05, 0.1) is 19.3 Å². The molecule has 0 radical (unpaired) electrons. The number of aromatic hydroxyl groups is 1. The molecule has 1 fully saturated rings. The van der Waals surface area contributed by atoms with Crippen LogP contribution in [0.1, 0.15) is 22.7 Å². The topological polar surface area (TPSA) is 32.7 Å². The van der Waals surface area contributed by atoms with Crippen molar-refractivity contribution in [3.63, 3.8) is 0 Å². The molecule has 3 rings (SSSR count). The van der Waals surface area contributed by atoms with Crippen LogP contribution in [0, 0.1) is 6.92 Å². The summed E-state index contributed by atoms with van der Waals surface area (Å²) in [6.07, 6.45) is 0. The van der Waals surface area contributed by atoms with Crippen molar-refractivity contribution in [3.05, 3.63) is 65.2 Å². The Labute approximate surface area is 125 Å². The first-order valence-electron chi connectivity index (χ1n) is 7.42. The Kier molecular flexibility index (Phi) is 4.23. The van der Waals surface area contributed by atoms with E-state index in [1.165, 1.54) is 11.1 Å². The number of para-hydroxylation sites is 1. The van der Waals surface area contributed by atoms with E-state index < -0.39 is 0 Å². The van der Waals surface area contributed by atoms with Gasteiger partial charge in [0.1, 0.15) is 5.75 Å². The van der Waals surface area contributed by atoms with Gasteiger partial charge in [-0.15, -0.1) is 0 Å². The van der Waals surface area contributed by atoms with Gasteiger partial charge in [0.15, 0.2) is 0 Å². The highest BCUT2D eigenvalue weighted by molar-refractivity contribution is 5.41. The van der Waals surface area contributed by atoms with Crippen LogP contribution in [-0.4, -0.2) is 36.3 Å². The Morgan fingerprint density at radius 3 is 2.33 bits per heavy atom. The molecule has 0 saturated carbocycles. The summed E-state index contributed by atoms with van der Waals surface area (Å²) < 4.78 is 5.47. The molecule has 1 aliphatic heterocycles. The fourth-order valence-corrected chi connectivity index (χ4v) is 2.89. The zero-order valence-electron chi connectivity index (χ0n) is 12.3. The monoisotopic (exact) mass is 283 g/mol. The van der Waals surface area contributed by atoms with Gasteiger partial charge in [-0.25, -0.2) is 0 Å². The Hall–Kier alpha value is -1.84. The van der Waals surface area contributed by atoms with Crippen LogP contribution in [0.2, 0.25) is 0 Å². The van der Waals surface area contributed by atoms with Crippen LogP contribution < -0.4 is 0 Å². The lowest BCUT2D eigenvalue weighted by Crippen LogP contribution is -2.39. The van der Waals surface area contributed by atoms with Gasteiger partial charge >= 0.3 is 0 Å². The molecule has 1 atom stereocenters. The van der Waals surface area contributed by atoms with Crippen LogP contribution in [0.4, 0.5) is 0 Å². The summed E-state index contributed by atoms with van der Waals surface area (Å²) >= 11 is 0. The number of phenols is 1. The van der Waals surface area contributed by atoms with Gasteiger partial charge in [-0.3, -0.25) is 4.90 Å². The number of ether oxygens (including phenoxy) is 1. The lowest BCUT2D eigenvalue weighted by atomic mass is 9.95. The van der Waals surface area contributed by atoms with Crippen LogP contribution in [0.3, 0.4) is 0 Å². The van der Waals surface area contributed by atoms with E-state index in [9.17, 15) is 5.11 Å². The second kappa shape index (κ2) is 6.29. The first-order chi connectivity index (χ1) is 10.3. The summed E-state index contributed by atoms with van der Waals surface area (Å²) in [5.41, 5.74) is 3.42. The molecule has 0 amide bonds. The van der Waals surface area contributed by atoms with Gasteiger partial charge in [-0.05, 0) is 18.6 Å². The van der Waals surface area contributed by atoms with Crippen LogP contribution >= 0.6 is 0 Å². The maximum Gasteiger partial charge on any atom is 0.120 e. The van der Waals surface area contributed by atoms with E-state index in [4.69, 9.17) is 4.74 Å². The molecule has 0 spiro atoms. The standard InChI is InChI=1S/C18H21NO2/c1-14-6-8-15(9-7-14)18(19-10-12-21-13-11-19)16-4-2-3-5-17(16)20/h2-9,18,20H,10-13H2,1H3. The molecule has 1 saturated heterocycles. The molecule has 3 nitrogen and oxygen atoms in total. The summed E-state index contributed by atoms with van der Waals surface area (Å²) in [4.78, 5) is 2.38. The van der Waals surface area contributed by atoms with Crippen LogP contribution in [0.5, 0.6) is 5.75 Å². The van der Waals surface area contributed by atoms with Crippen molar-refractivity contribution in [1.82, 2.24) is 4.90 Å². The molecule has 1 aliphatic rings. The maximum absolute atomic E-state index is 10.3. The van der Waals surface area contributed by atoms with Crippen molar-refractivity contribution in [2.75, 3.05) is 26.3 Å². The lowest BCUT2D eigenvalue weighted by Gasteiger charge is -2.35. The van der Waals surface area contributed by atoms with Crippen molar-refractivity contribution in [1.29, 1.82) is 0 Å². The smallest absolute Gasteiger partial charge is 0.120 e. The van der Waals surface area contributed by atoms with Gasteiger partial charge in [0, 0.05) is 18.7 Å². The summed E-state index contributed by atoms with van der Waals surface area (Å²) in [6.45, 7) is 5.35. The van der Waals surface area contributed by atoms with Gasteiger partial charge < -0.3 is 9.84 Å². The zero-order chi connectivity index (χ0) is 14.7. The predicted octanol–water partition coefficient (Wildman–Crippen LogP) is 3.12. The van der Waals surface area contributed by atoms with Gasteiger partial charge in [-0.2, -0.15) is 0 Å². The fourth-order valence-electron chi connectivity index (χ4n) is 2.89. The quantitative estimate of drug-likeness (QED) is 0.939. The minimum Gasteiger partial charge on any atom is -0.508 e. The molecule has 110 valence electrons. The van der Waals surface area contributed by atoms with E-state index in [0.717, 1.165) is 31.9 Å². The number of rotatable bonds is 3. The average Bonchev–Trinajstić information content (AvgIpc) is 2.52. The van der Waals surface area contributed by atoms with Crippen LogP contribution in [0.25, 0.3) is 0 Å². The maximum atomic E-state index is 10.3. The Balaban J connectivity index is 2.01. The number of phenolic OH excluding ortho intramolecular Hbond substituents is 1. The molecule has 0 bridgehead atoms. The van der Waals surface area contributed by atoms with E-state index >= 15 is 0 Å². The highest BCUT2D eigenvalue weighted by Crippen LogP contribution is 2.34. The lowest BCUT2D eigenvalue weighted by molar-refractivity contribution is 0.0235. The van der Waals surface area contributed by atoms with Gasteiger partial charge in [0.2, 0.25) is 0 Å². The molecule has 3 heteroatoms. The van der Waals surface area contributed by atoms with Crippen molar-refractivity contribution < 1.29 is 9.84 Å². The van der Waals surface area contributed by atoms with Crippen molar-refractivity contribution in [2.45, 2.75) is 13.0 Å². The average molecular weight is 283 g/mol. The molecule has 1 heterocycles. The third-order valence-electron chi connectivity index (χ3n) is 4.04. The van der Waals surface area contributed by atoms with E-state index in [-0.39, 0.29) is 6.04 Å². The molecular formula is C18H21NO2. The highest BCUT2D eigenvalue weighted by Gasteiger charge is 2.26. The second-order valence-electron chi connectivity index (χ2n) is 5.52. The summed E-state index contributed by atoms with van der Waals surface area (Å²) in [5, 5.41) is 10.3. The highest BCUT2D eigenvalue weighted by atomic mass is 16.5. The molecular weight excluding hydrogens is 262 g/mol. The van der Waals surface area contributed by atoms with Crippen molar-refractivity contribution in [3.8, 4) is 5.75 Å². The van der Waals surface area contributed by atoms with E-state index in [1.54, 1.807) is 6.07 Å². The number of benzene rings is 2. The predicted molar refractivity (Wildman–Crippen MR) is 83.5 cm³/mol. The van der Waals surface area contributed by atoms with Crippen molar-refractivity contribution >= 4 is 0 Å².